The van der Waals surface area contributed by atoms with Gasteiger partial charge in [-0.05, 0) is 12.1 Å². The molecule has 1 aliphatic heterocycles. The second kappa shape index (κ2) is 6.33. The number of carbonyl (C=O) groups is 2. The van der Waals surface area contributed by atoms with Crippen LogP contribution >= 0.6 is 0 Å². The molecule has 1 heterocycles. The van der Waals surface area contributed by atoms with E-state index in [1.54, 1.807) is 24.3 Å². The topological polar surface area (TPSA) is 61.8 Å². The Bertz CT molecular complexity index is 442. The maximum absolute atomic E-state index is 11.7. The van der Waals surface area contributed by atoms with Gasteiger partial charge in [0.15, 0.2) is 0 Å². The molecular weight excluding hydrogens is 248 g/mol. The van der Waals surface area contributed by atoms with Crippen LogP contribution in [0.25, 0.3) is 0 Å². The number of ether oxygens (including phenoxy) is 3. The van der Waals surface area contributed by atoms with Crippen molar-refractivity contribution in [3.8, 4) is 0 Å². The van der Waals surface area contributed by atoms with Crippen molar-refractivity contribution in [1.82, 2.24) is 0 Å². The monoisotopic (exact) mass is 264 g/mol. The number of rotatable bonds is 4. The number of esters is 2. The minimum atomic E-state index is -0.405. The minimum absolute atomic E-state index is 0.0890. The van der Waals surface area contributed by atoms with Gasteiger partial charge in [-0.25, -0.2) is 4.79 Å². The van der Waals surface area contributed by atoms with E-state index in [9.17, 15) is 9.59 Å². The van der Waals surface area contributed by atoms with E-state index < -0.39 is 5.97 Å². The highest BCUT2D eigenvalue weighted by molar-refractivity contribution is 5.89. The fraction of sp³-hybridized carbons (Fsp3) is 0.429. The second-order valence-corrected chi connectivity index (χ2v) is 4.31. The molecule has 0 radical (unpaired) electrons. The van der Waals surface area contributed by atoms with Gasteiger partial charge in [0.1, 0.15) is 18.8 Å². The summed E-state index contributed by atoms with van der Waals surface area (Å²) >= 11 is 0. The van der Waals surface area contributed by atoms with Gasteiger partial charge in [0.05, 0.1) is 12.2 Å². The molecule has 0 amide bonds. The van der Waals surface area contributed by atoms with Crippen LogP contribution in [0.3, 0.4) is 0 Å². The van der Waals surface area contributed by atoms with Crippen molar-refractivity contribution in [2.24, 2.45) is 0 Å². The van der Waals surface area contributed by atoms with Crippen LogP contribution in [-0.4, -0.2) is 37.4 Å². The zero-order valence-electron chi connectivity index (χ0n) is 10.7. The highest BCUT2D eigenvalue weighted by atomic mass is 16.6. The SMILES string of the molecule is CC(=O)OC1CCOC1COC(=O)c1ccccc1. The molecule has 2 unspecified atom stereocenters. The molecule has 2 atom stereocenters. The highest BCUT2D eigenvalue weighted by Gasteiger charge is 2.32. The van der Waals surface area contributed by atoms with Gasteiger partial charge >= 0.3 is 11.9 Å². The lowest BCUT2D eigenvalue weighted by molar-refractivity contribution is -0.149. The molecule has 0 N–H and O–H groups in total. The summed E-state index contributed by atoms with van der Waals surface area (Å²) < 4.78 is 15.7. The lowest BCUT2D eigenvalue weighted by Gasteiger charge is -2.18. The Kier molecular flexibility index (Phi) is 4.52. The Balaban J connectivity index is 1.85. The van der Waals surface area contributed by atoms with Crippen LogP contribution in [0.4, 0.5) is 0 Å². The molecule has 1 saturated heterocycles. The normalized spacial score (nSPS) is 21.9. The fourth-order valence-electron chi connectivity index (χ4n) is 1.95. The molecular formula is C14H16O5. The van der Waals surface area contributed by atoms with Gasteiger partial charge in [0.25, 0.3) is 0 Å². The third kappa shape index (κ3) is 3.79. The number of benzene rings is 1. The van der Waals surface area contributed by atoms with Gasteiger partial charge in [-0.1, -0.05) is 18.2 Å². The summed E-state index contributed by atoms with van der Waals surface area (Å²) in [6, 6.07) is 8.73. The second-order valence-electron chi connectivity index (χ2n) is 4.31. The quantitative estimate of drug-likeness (QED) is 0.772. The van der Waals surface area contributed by atoms with Crippen LogP contribution in [0.1, 0.15) is 23.7 Å². The summed E-state index contributed by atoms with van der Waals surface area (Å²) in [5.41, 5.74) is 0.490. The Hall–Kier alpha value is -1.88. The summed E-state index contributed by atoms with van der Waals surface area (Å²) in [6.45, 7) is 1.95. The molecule has 19 heavy (non-hydrogen) atoms. The molecule has 0 bridgehead atoms. The zero-order valence-corrected chi connectivity index (χ0v) is 10.7. The first kappa shape index (κ1) is 13.5. The van der Waals surface area contributed by atoms with E-state index in [0.29, 0.717) is 18.6 Å². The molecule has 1 aromatic carbocycles. The smallest absolute Gasteiger partial charge is 0.338 e. The summed E-state index contributed by atoms with van der Waals surface area (Å²) in [6.07, 6.45) is -0.0784. The largest absolute Gasteiger partial charge is 0.460 e. The molecule has 5 nitrogen and oxygen atoms in total. The molecule has 1 fully saturated rings. The molecule has 0 spiro atoms. The average Bonchev–Trinajstić information content (AvgIpc) is 2.83. The predicted octanol–water partition coefficient (Wildman–Crippen LogP) is 1.56. The number of carbonyl (C=O) groups excluding carboxylic acids is 2. The van der Waals surface area contributed by atoms with Crippen molar-refractivity contribution >= 4 is 11.9 Å². The van der Waals surface area contributed by atoms with E-state index in [-0.39, 0.29) is 24.8 Å². The summed E-state index contributed by atoms with van der Waals surface area (Å²) in [5, 5.41) is 0. The highest BCUT2D eigenvalue weighted by Crippen LogP contribution is 2.18. The molecule has 1 aromatic rings. The molecule has 2 rings (SSSR count). The van der Waals surface area contributed by atoms with E-state index in [1.165, 1.54) is 6.92 Å². The van der Waals surface area contributed by atoms with Crippen LogP contribution in [0.5, 0.6) is 0 Å². The van der Waals surface area contributed by atoms with E-state index in [1.807, 2.05) is 6.07 Å². The standard InChI is InChI=1S/C14H16O5/c1-10(15)19-12-7-8-17-13(12)9-18-14(16)11-5-3-2-4-6-11/h2-6,12-13H,7-9H2,1H3. The van der Waals surface area contributed by atoms with Crippen LogP contribution in [-0.2, 0) is 19.0 Å². The Labute approximate surface area is 111 Å². The molecule has 0 aliphatic carbocycles. The summed E-state index contributed by atoms with van der Waals surface area (Å²) in [7, 11) is 0. The van der Waals surface area contributed by atoms with Crippen molar-refractivity contribution in [2.45, 2.75) is 25.6 Å². The van der Waals surface area contributed by atoms with Crippen LogP contribution in [0.15, 0.2) is 30.3 Å². The predicted molar refractivity (Wildman–Crippen MR) is 66.6 cm³/mol. The van der Waals surface area contributed by atoms with Crippen molar-refractivity contribution in [1.29, 1.82) is 0 Å². The minimum Gasteiger partial charge on any atom is -0.460 e. The molecule has 102 valence electrons. The van der Waals surface area contributed by atoms with Gasteiger partial charge in [-0.3, -0.25) is 4.79 Å². The van der Waals surface area contributed by atoms with Crippen molar-refractivity contribution in [3.05, 3.63) is 35.9 Å². The summed E-state index contributed by atoms with van der Waals surface area (Å²) in [4.78, 5) is 22.7. The van der Waals surface area contributed by atoms with E-state index >= 15 is 0 Å². The van der Waals surface area contributed by atoms with Crippen molar-refractivity contribution < 1.29 is 23.8 Å². The van der Waals surface area contributed by atoms with Gasteiger partial charge in [-0.15, -0.1) is 0 Å². The Morgan fingerprint density at radius 1 is 1.32 bits per heavy atom. The molecule has 0 aromatic heterocycles. The molecule has 5 heteroatoms. The first-order valence-corrected chi connectivity index (χ1v) is 6.18. The third-order valence-corrected chi connectivity index (χ3v) is 2.85. The van der Waals surface area contributed by atoms with Crippen molar-refractivity contribution in [2.75, 3.05) is 13.2 Å². The number of hydrogen-bond donors (Lipinski definition) is 0. The first-order chi connectivity index (χ1) is 9.16. The first-order valence-electron chi connectivity index (χ1n) is 6.18. The Morgan fingerprint density at radius 2 is 2.05 bits per heavy atom. The van der Waals surface area contributed by atoms with Crippen LogP contribution in [0.2, 0.25) is 0 Å². The van der Waals surface area contributed by atoms with E-state index in [4.69, 9.17) is 14.2 Å². The van der Waals surface area contributed by atoms with Crippen molar-refractivity contribution in [3.63, 3.8) is 0 Å². The third-order valence-electron chi connectivity index (χ3n) is 2.85. The fourth-order valence-corrected chi connectivity index (χ4v) is 1.95. The lowest BCUT2D eigenvalue weighted by Crippen LogP contribution is -2.31. The maximum atomic E-state index is 11.7. The van der Waals surface area contributed by atoms with E-state index in [2.05, 4.69) is 0 Å². The maximum Gasteiger partial charge on any atom is 0.338 e. The molecule has 1 aliphatic rings. The van der Waals surface area contributed by atoms with Gasteiger partial charge < -0.3 is 14.2 Å². The van der Waals surface area contributed by atoms with Crippen LogP contribution in [0, 0.1) is 0 Å². The number of hydrogen-bond acceptors (Lipinski definition) is 5. The summed E-state index contributed by atoms with van der Waals surface area (Å²) in [5.74, 6) is -0.757. The zero-order chi connectivity index (χ0) is 13.7. The van der Waals surface area contributed by atoms with Gasteiger partial charge in [0, 0.05) is 13.3 Å². The lowest BCUT2D eigenvalue weighted by atomic mass is 10.2. The Morgan fingerprint density at radius 3 is 2.74 bits per heavy atom. The van der Waals surface area contributed by atoms with Gasteiger partial charge in [-0.2, -0.15) is 0 Å². The average molecular weight is 264 g/mol. The van der Waals surface area contributed by atoms with E-state index in [0.717, 1.165) is 0 Å². The molecule has 0 saturated carbocycles. The van der Waals surface area contributed by atoms with Crippen LogP contribution < -0.4 is 0 Å². The van der Waals surface area contributed by atoms with Gasteiger partial charge in [0.2, 0.25) is 0 Å².